The van der Waals surface area contributed by atoms with E-state index in [1.54, 1.807) is 0 Å². The van der Waals surface area contributed by atoms with Crippen LogP contribution in [0.3, 0.4) is 0 Å². The Morgan fingerprint density at radius 1 is 1.15 bits per heavy atom. The molecule has 0 saturated carbocycles. The third-order valence-electron chi connectivity index (χ3n) is 3.96. The van der Waals surface area contributed by atoms with Crippen LogP contribution in [0.4, 0.5) is 0 Å². The van der Waals surface area contributed by atoms with Gasteiger partial charge in [-0.05, 0) is 59.8 Å². The van der Waals surface area contributed by atoms with E-state index in [4.69, 9.17) is 4.94 Å². The molecule has 0 aromatic carbocycles. The van der Waals surface area contributed by atoms with Gasteiger partial charge in [0.05, 0.1) is 0 Å². The number of hydrogen-bond acceptors (Lipinski definition) is 3. The molecule has 0 aliphatic carbocycles. The number of rotatable bonds is 7. The molecule has 0 spiro atoms. The number of alkyl halides is 1. The van der Waals surface area contributed by atoms with Crippen molar-refractivity contribution >= 4 is 21.8 Å². The summed E-state index contributed by atoms with van der Waals surface area (Å²) in [4.78, 5) is 17.5. The van der Waals surface area contributed by atoms with Crippen LogP contribution in [-0.2, 0) is 9.73 Å². The number of unbranched alkanes of at least 4 members (excludes halogenated alkanes) is 2. The van der Waals surface area contributed by atoms with Crippen molar-refractivity contribution in [1.82, 2.24) is 10.5 Å². The van der Waals surface area contributed by atoms with Gasteiger partial charge in [0.15, 0.2) is 0 Å². The van der Waals surface area contributed by atoms with Crippen LogP contribution in [0.1, 0.15) is 72.6 Å². The fraction of sp³-hybridized carbons (Fsp3) is 0.933. The largest absolute Gasteiger partial charge is 0.273 e. The molecule has 0 radical (unpaired) electrons. The molecule has 20 heavy (non-hydrogen) atoms. The summed E-state index contributed by atoms with van der Waals surface area (Å²) in [5.74, 6) is -0.0308. The Hall–Kier alpha value is -0.130. The van der Waals surface area contributed by atoms with E-state index in [1.165, 1.54) is 6.42 Å². The van der Waals surface area contributed by atoms with Gasteiger partial charge < -0.3 is 0 Å². The summed E-state index contributed by atoms with van der Waals surface area (Å²) < 4.78 is 0. The number of nitrogens with one attached hydrogen (secondary N) is 1. The van der Waals surface area contributed by atoms with Gasteiger partial charge in [-0.1, -0.05) is 22.4 Å². The SMILES string of the molecule is CC1(C)CCCC(C)(C)N1ONC(=O)CCCCCBr. The Kier molecular flexibility index (Phi) is 6.95. The third-order valence-corrected chi connectivity index (χ3v) is 4.53. The summed E-state index contributed by atoms with van der Waals surface area (Å²) in [6.07, 6.45) is 6.98. The first-order valence-corrected chi connectivity index (χ1v) is 8.74. The zero-order valence-corrected chi connectivity index (χ0v) is 14.9. The predicted molar refractivity (Wildman–Crippen MR) is 85.3 cm³/mol. The molecule has 0 aromatic rings. The number of halogens is 1. The number of nitrogens with zero attached hydrogens (tertiary/aromatic N) is 1. The van der Waals surface area contributed by atoms with Crippen molar-refractivity contribution in [3.8, 4) is 0 Å². The minimum Gasteiger partial charge on any atom is -0.273 e. The standard InChI is InChI=1S/C15H29BrN2O2/c1-14(2)10-8-11-15(3,4)18(14)20-17-13(19)9-6-5-7-12-16/h5-12H2,1-4H3,(H,17,19). The highest BCUT2D eigenvalue weighted by Gasteiger charge is 2.43. The molecule has 1 N–H and O–H groups in total. The van der Waals surface area contributed by atoms with E-state index in [2.05, 4.69) is 49.1 Å². The summed E-state index contributed by atoms with van der Waals surface area (Å²) >= 11 is 3.39. The van der Waals surface area contributed by atoms with Gasteiger partial charge in [-0.2, -0.15) is 10.0 Å². The van der Waals surface area contributed by atoms with Crippen LogP contribution >= 0.6 is 15.9 Å². The van der Waals surface area contributed by atoms with E-state index in [0.717, 1.165) is 37.4 Å². The van der Waals surface area contributed by atoms with Crippen LogP contribution in [0.5, 0.6) is 0 Å². The Bertz CT molecular complexity index is 303. The summed E-state index contributed by atoms with van der Waals surface area (Å²) in [7, 11) is 0. The van der Waals surface area contributed by atoms with Gasteiger partial charge in [-0.25, -0.2) is 5.48 Å². The maximum absolute atomic E-state index is 11.8. The van der Waals surface area contributed by atoms with E-state index in [1.807, 2.05) is 5.06 Å². The first-order valence-electron chi connectivity index (χ1n) is 7.62. The molecule has 1 fully saturated rings. The summed E-state index contributed by atoms with van der Waals surface area (Å²) in [6.45, 7) is 8.65. The van der Waals surface area contributed by atoms with Gasteiger partial charge in [-0.15, -0.1) is 0 Å². The van der Waals surface area contributed by atoms with Crippen LogP contribution < -0.4 is 5.48 Å². The topological polar surface area (TPSA) is 41.6 Å². The predicted octanol–water partition coefficient (Wildman–Crippen LogP) is 3.95. The fourth-order valence-corrected chi connectivity index (χ4v) is 3.32. The molecule has 118 valence electrons. The molecule has 1 rings (SSSR count). The second-order valence-corrected chi connectivity index (χ2v) is 7.68. The van der Waals surface area contributed by atoms with Crippen LogP contribution in [0.15, 0.2) is 0 Å². The monoisotopic (exact) mass is 348 g/mol. The molecule has 4 nitrogen and oxygen atoms in total. The van der Waals surface area contributed by atoms with Crippen molar-refractivity contribution in [3.63, 3.8) is 0 Å². The van der Waals surface area contributed by atoms with E-state index in [0.29, 0.717) is 6.42 Å². The van der Waals surface area contributed by atoms with Crippen LogP contribution in [0.25, 0.3) is 0 Å². The number of carbonyl (C=O) groups is 1. The van der Waals surface area contributed by atoms with E-state index < -0.39 is 0 Å². The Labute approximate surface area is 131 Å². The Balaban J connectivity index is 2.40. The maximum atomic E-state index is 11.8. The molecular weight excluding hydrogens is 320 g/mol. The molecule has 0 bridgehead atoms. The van der Waals surface area contributed by atoms with Crippen molar-refractivity contribution in [2.75, 3.05) is 5.33 Å². The summed E-state index contributed by atoms with van der Waals surface area (Å²) in [5.41, 5.74) is 2.51. The molecule has 1 aliphatic rings. The highest BCUT2D eigenvalue weighted by molar-refractivity contribution is 9.09. The highest BCUT2D eigenvalue weighted by Crippen LogP contribution is 2.37. The van der Waals surface area contributed by atoms with Crippen LogP contribution in [-0.4, -0.2) is 27.4 Å². The summed E-state index contributed by atoms with van der Waals surface area (Å²) in [6, 6.07) is 0. The van der Waals surface area contributed by atoms with Gasteiger partial charge in [0.1, 0.15) is 0 Å². The van der Waals surface area contributed by atoms with E-state index in [-0.39, 0.29) is 17.0 Å². The molecule has 1 heterocycles. The average Bonchev–Trinajstić information content (AvgIpc) is 2.32. The Morgan fingerprint density at radius 3 is 2.30 bits per heavy atom. The second-order valence-electron chi connectivity index (χ2n) is 6.89. The van der Waals surface area contributed by atoms with Crippen molar-refractivity contribution in [3.05, 3.63) is 0 Å². The first kappa shape index (κ1) is 17.9. The third kappa shape index (κ3) is 5.34. The molecule has 5 heteroatoms. The molecule has 1 amide bonds. The zero-order chi connectivity index (χ0) is 15.2. The Morgan fingerprint density at radius 2 is 1.75 bits per heavy atom. The second kappa shape index (κ2) is 7.76. The van der Waals surface area contributed by atoms with Gasteiger partial charge >= 0.3 is 0 Å². The van der Waals surface area contributed by atoms with Gasteiger partial charge in [-0.3, -0.25) is 4.79 Å². The quantitative estimate of drug-likeness (QED) is 0.430. The zero-order valence-electron chi connectivity index (χ0n) is 13.3. The van der Waals surface area contributed by atoms with Crippen molar-refractivity contribution < 1.29 is 9.73 Å². The average molecular weight is 349 g/mol. The number of hydroxylamine groups is 3. The molecular formula is C15H29BrN2O2. The minimum atomic E-state index is -0.0506. The molecule has 0 unspecified atom stereocenters. The lowest BCUT2D eigenvalue weighted by atomic mass is 9.82. The van der Waals surface area contributed by atoms with E-state index in [9.17, 15) is 4.79 Å². The fourth-order valence-electron chi connectivity index (χ4n) is 2.93. The van der Waals surface area contributed by atoms with Gasteiger partial charge in [0.25, 0.3) is 0 Å². The highest BCUT2D eigenvalue weighted by atomic mass is 79.9. The molecule has 0 aromatic heterocycles. The lowest BCUT2D eigenvalue weighted by Crippen LogP contribution is -2.60. The number of amides is 1. The summed E-state index contributed by atoms with van der Waals surface area (Å²) in [5, 5.41) is 2.96. The van der Waals surface area contributed by atoms with E-state index >= 15 is 0 Å². The van der Waals surface area contributed by atoms with Gasteiger partial charge in [0, 0.05) is 22.8 Å². The van der Waals surface area contributed by atoms with Gasteiger partial charge in [0.2, 0.25) is 5.91 Å². The smallest absolute Gasteiger partial charge is 0.245 e. The molecule has 0 atom stereocenters. The lowest BCUT2D eigenvalue weighted by molar-refractivity contribution is -0.308. The molecule has 1 saturated heterocycles. The van der Waals surface area contributed by atoms with Crippen LogP contribution in [0, 0.1) is 0 Å². The first-order chi connectivity index (χ1) is 9.29. The number of carbonyl (C=O) groups excluding carboxylic acids is 1. The minimum absolute atomic E-state index is 0.0308. The number of piperidine rings is 1. The van der Waals surface area contributed by atoms with Crippen molar-refractivity contribution in [2.45, 2.75) is 83.7 Å². The van der Waals surface area contributed by atoms with Crippen LogP contribution in [0.2, 0.25) is 0 Å². The number of hydrogen-bond donors (Lipinski definition) is 1. The normalized spacial score (nSPS) is 21.6. The maximum Gasteiger partial charge on any atom is 0.245 e. The van der Waals surface area contributed by atoms with Crippen molar-refractivity contribution in [2.24, 2.45) is 0 Å². The molecule has 1 aliphatic heterocycles. The lowest BCUT2D eigenvalue weighted by Gasteiger charge is -2.50. The van der Waals surface area contributed by atoms with Crippen molar-refractivity contribution in [1.29, 1.82) is 0 Å².